The number of carbonyl (C=O) groups excluding carboxylic acids is 1. The van der Waals surface area contributed by atoms with Gasteiger partial charge in [-0.25, -0.2) is 0 Å². The third-order valence-corrected chi connectivity index (χ3v) is 5.15. The van der Waals surface area contributed by atoms with Gasteiger partial charge >= 0.3 is 0 Å². The number of carbonyl (C=O) groups is 1. The first-order valence-corrected chi connectivity index (χ1v) is 8.37. The minimum absolute atomic E-state index is 0.134. The smallest absolute Gasteiger partial charge is 0.227 e. The lowest BCUT2D eigenvalue weighted by atomic mass is 9.79. The molecule has 0 spiro atoms. The molecule has 1 amide bonds. The van der Waals surface area contributed by atoms with Gasteiger partial charge in [-0.1, -0.05) is 0 Å². The average Bonchev–Trinajstić information content (AvgIpc) is 2.53. The van der Waals surface area contributed by atoms with E-state index in [9.17, 15) is 4.79 Å². The first kappa shape index (κ1) is 16.7. The Bertz CT molecular complexity index is 340. The fourth-order valence-corrected chi connectivity index (χ4v) is 3.44. The van der Waals surface area contributed by atoms with Crippen LogP contribution in [-0.2, 0) is 9.53 Å². The molecule has 3 N–H and O–H groups in total. The number of ether oxygens (including phenoxy) is 1. The normalized spacial score (nSPS) is 26.8. The maximum atomic E-state index is 12.5. The fraction of sp³-hybridized carbons (Fsp3) is 0.938. The van der Waals surface area contributed by atoms with Crippen molar-refractivity contribution >= 4 is 5.91 Å². The van der Waals surface area contributed by atoms with E-state index in [4.69, 9.17) is 10.5 Å². The van der Waals surface area contributed by atoms with Crippen molar-refractivity contribution in [1.29, 1.82) is 0 Å². The van der Waals surface area contributed by atoms with E-state index in [0.717, 1.165) is 25.9 Å². The Morgan fingerprint density at radius 2 is 2.14 bits per heavy atom. The summed E-state index contributed by atoms with van der Waals surface area (Å²) in [6.07, 6.45) is 3.94. The van der Waals surface area contributed by atoms with E-state index in [1.165, 1.54) is 19.4 Å². The molecule has 5 heteroatoms. The molecule has 1 unspecified atom stereocenters. The molecule has 2 aliphatic rings. The van der Waals surface area contributed by atoms with E-state index in [0.29, 0.717) is 31.7 Å². The van der Waals surface area contributed by atoms with Crippen molar-refractivity contribution in [2.45, 2.75) is 45.6 Å². The molecular weight excluding hydrogens is 266 g/mol. The molecular formula is C16H31N3O2. The van der Waals surface area contributed by atoms with Crippen molar-refractivity contribution < 1.29 is 9.53 Å². The van der Waals surface area contributed by atoms with Crippen molar-refractivity contribution in [3.63, 3.8) is 0 Å². The van der Waals surface area contributed by atoms with Gasteiger partial charge < -0.3 is 20.7 Å². The summed E-state index contributed by atoms with van der Waals surface area (Å²) < 4.78 is 5.37. The quantitative estimate of drug-likeness (QED) is 0.794. The number of hydrogen-bond acceptors (Lipinski definition) is 4. The number of hydrogen-bond donors (Lipinski definition) is 2. The lowest BCUT2D eigenvalue weighted by molar-refractivity contribution is -0.136. The van der Waals surface area contributed by atoms with Crippen LogP contribution in [0.2, 0.25) is 0 Å². The number of amides is 1. The zero-order chi connectivity index (χ0) is 15.3. The van der Waals surface area contributed by atoms with Crippen molar-refractivity contribution in [3.8, 4) is 0 Å². The zero-order valence-corrected chi connectivity index (χ0v) is 13.6. The molecule has 0 aliphatic carbocycles. The second-order valence-corrected chi connectivity index (χ2v) is 6.90. The second-order valence-electron chi connectivity index (χ2n) is 6.90. The van der Waals surface area contributed by atoms with Crippen molar-refractivity contribution in [2.75, 3.05) is 39.4 Å². The van der Waals surface area contributed by atoms with Crippen LogP contribution in [0, 0.1) is 11.3 Å². The van der Waals surface area contributed by atoms with E-state index in [2.05, 4.69) is 24.1 Å². The summed E-state index contributed by atoms with van der Waals surface area (Å²) in [6, 6.07) is 0.592. The standard InChI is InChI=1S/C16H31N3O2/c1-13(2)19-7-3-4-14(11-19)10-18-15(20)16(12-17)5-8-21-9-6-16/h13-14H,3-12,17H2,1-2H3,(H,18,20). The molecule has 0 aromatic carbocycles. The molecule has 21 heavy (non-hydrogen) atoms. The lowest BCUT2D eigenvalue weighted by Crippen LogP contribution is -2.51. The predicted octanol–water partition coefficient (Wildman–Crippen LogP) is 0.979. The van der Waals surface area contributed by atoms with Crippen LogP contribution in [0.15, 0.2) is 0 Å². The van der Waals surface area contributed by atoms with Crippen molar-refractivity contribution in [3.05, 3.63) is 0 Å². The van der Waals surface area contributed by atoms with E-state index >= 15 is 0 Å². The van der Waals surface area contributed by atoms with Gasteiger partial charge in [-0.05, 0) is 52.0 Å². The molecule has 0 aromatic heterocycles. The number of nitrogens with one attached hydrogen (secondary N) is 1. The van der Waals surface area contributed by atoms with Gasteiger partial charge in [0.25, 0.3) is 0 Å². The monoisotopic (exact) mass is 297 g/mol. The highest BCUT2D eigenvalue weighted by atomic mass is 16.5. The zero-order valence-electron chi connectivity index (χ0n) is 13.6. The van der Waals surface area contributed by atoms with E-state index < -0.39 is 5.41 Å². The Morgan fingerprint density at radius 1 is 1.43 bits per heavy atom. The average molecular weight is 297 g/mol. The number of rotatable bonds is 5. The molecule has 0 saturated carbocycles. The van der Waals surface area contributed by atoms with Crippen LogP contribution in [0.25, 0.3) is 0 Å². The molecule has 1 atom stereocenters. The van der Waals surface area contributed by atoms with Gasteiger partial charge in [0.05, 0.1) is 5.41 Å². The molecule has 122 valence electrons. The van der Waals surface area contributed by atoms with E-state index in [1.807, 2.05) is 0 Å². The molecule has 0 aromatic rings. The van der Waals surface area contributed by atoms with Gasteiger partial charge in [-0.15, -0.1) is 0 Å². The molecule has 5 nitrogen and oxygen atoms in total. The molecule has 0 radical (unpaired) electrons. The third kappa shape index (κ3) is 4.18. The summed E-state index contributed by atoms with van der Waals surface area (Å²) >= 11 is 0. The summed E-state index contributed by atoms with van der Waals surface area (Å²) in [5.74, 6) is 0.703. The van der Waals surface area contributed by atoms with Crippen LogP contribution in [0.5, 0.6) is 0 Å². The predicted molar refractivity (Wildman–Crippen MR) is 84.0 cm³/mol. The minimum atomic E-state index is -0.398. The largest absolute Gasteiger partial charge is 0.381 e. The van der Waals surface area contributed by atoms with Gasteiger partial charge in [0.1, 0.15) is 0 Å². The molecule has 2 saturated heterocycles. The molecule has 2 rings (SSSR count). The first-order valence-electron chi connectivity index (χ1n) is 8.37. The fourth-order valence-electron chi connectivity index (χ4n) is 3.44. The third-order valence-electron chi connectivity index (χ3n) is 5.15. The minimum Gasteiger partial charge on any atom is -0.381 e. The molecule has 2 aliphatic heterocycles. The number of nitrogens with two attached hydrogens (primary N) is 1. The van der Waals surface area contributed by atoms with Crippen LogP contribution >= 0.6 is 0 Å². The van der Waals surface area contributed by atoms with Gasteiger partial charge in [-0.3, -0.25) is 4.79 Å². The summed E-state index contributed by atoms with van der Waals surface area (Å²) in [4.78, 5) is 15.1. The van der Waals surface area contributed by atoms with E-state index in [-0.39, 0.29) is 5.91 Å². The van der Waals surface area contributed by atoms with Crippen LogP contribution < -0.4 is 11.1 Å². The number of nitrogens with zero attached hydrogens (tertiary/aromatic N) is 1. The van der Waals surface area contributed by atoms with Crippen LogP contribution in [0.4, 0.5) is 0 Å². The Morgan fingerprint density at radius 3 is 2.76 bits per heavy atom. The van der Waals surface area contributed by atoms with Gasteiger partial charge in [0, 0.05) is 38.9 Å². The Labute approximate surface area is 128 Å². The lowest BCUT2D eigenvalue weighted by Gasteiger charge is -2.37. The maximum absolute atomic E-state index is 12.5. The topological polar surface area (TPSA) is 67.6 Å². The van der Waals surface area contributed by atoms with Gasteiger partial charge in [0.2, 0.25) is 5.91 Å². The van der Waals surface area contributed by atoms with Gasteiger partial charge in [0.15, 0.2) is 0 Å². The second kappa shape index (κ2) is 7.56. The highest BCUT2D eigenvalue weighted by Gasteiger charge is 2.38. The summed E-state index contributed by atoms with van der Waals surface area (Å²) in [6.45, 7) is 9.27. The van der Waals surface area contributed by atoms with Crippen molar-refractivity contribution in [1.82, 2.24) is 10.2 Å². The maximum Gasteiger partial charge on any atom is 0.227 e. The highest BCUT2D eigenvalue weighted by Crippen LogP contribution is 2.29. The number of likely N-dealkylation sites (tertiary alicyclic amines) is 1. The van der Waals surface area contributed by atoms with Crippen LogP contribution in [0.1, 0.15) is 39.5 Å². The summed E-state index contributed by atoms with van der Waals surface area (Å²) in [7, 11) is 0. The molecule has 0 bridgehead atoms. The molecule has 2 heterocycles. The van der Waals surface area contributed by atoms with E-state index in [1.54, 1.807) is 0 Å². The Hall–Kier alpha value is -0.650. The SMILES string of the molecule is CC(C)N1CCCC(CNC(=O)C2(CN)CCOCC2)C1. The molecule has 2 fully saturated rings. The summed E-state index contributed by atoms with van der Waals surface area (Å²) in [5, 5.41) is 3.17. The number of piperidine rings is 1. The first-order chi connectivity index (χ1) is 10.1. The Balaban J connectivity index is 1.82. The Kier molecular flexibility index (Phi) is 6.02. The van der Waals surface area contributed by atoms with Crippen molar-refractivity contribution in [2.24, 2.45) is 17.1 Å². The van der Waals surface area contributed by atoms with Crippen LogP contribution in [-0.4, -0.2) is 56.2 Å². The van der Waals surface area contributed by atoms with Gasteiger partial charge in [-0.2, -0.15) is 0 Å². The highest BCUT2D eigenvalue weighted by molar-refractivity contribution is 5.83. The van der Waals surface area contributed by atoms with Crippen LogP contribution in [0.3, 0.4) is 0 Å². The summed E-state index contributed by atoms with van der Waals surface area (Å²) in [5.41, 5.74) is 5.49.